The molecule has 1 saturated carbocycles. The summed E-state index contributed by atoms with van der Waals surface area (Å²) in [6, 6.07) is 14.7. The quantitative estimate of drug-likeness (QED) is 0.388. The van der Waals surface area contributed by atoms with E-state index in [2.05, 4.69) is 15.2 Å². The summed E-state index contributed by atoms with van der Waals surface area (Å²) in [6.45, 7) is 1.70. The van der Waals surface area contributed by atoms with Gasteiger partial charge in [-0.3, -0.25) is 14.7 Å². The number of carbonyl (C=O) groups excluding carboxylic acids is 1. The molecule has 1 spiro atoms. The van der Waals surface area contributed by atoms with Crippen LogP contribution in [0.25, 0.3) is 11.1 Å². The lowest BCUT2D eigenvalue weighted by molar-refractivity contribution is -0.172. The van der Waals surface area contributed by atoms with E-state index < -0.39 is 23.0 Å². The number of nitrogens with zero attached hydrogens (tertiary/aromatic N) is 2. The highest BCUT2D eigenvalue weighted by Gasteiger charge is 2.73. The number of carbonyl (C=O) groups is 1. The number of anilines is 1. The number of benzene rings is 2. The first-order valence-electron chi connectivity index (χ1n) is 14.1. The molecule has 8 rings (SSSR count). The number of phenols is 1. The number of phenolic OH excluding ortho intramolecular Hbond substituents is 1. The zero-order chi connectivity index (χ0) is 27.2. The fraction of sp³-hybridized carbons (Fsp3) is 0.375. The first-order chi connectivity index (χ1) is 19.4. The Morgan fingerprint density at radius 1 is 1.05 bits per heavy atom. The lowest BCUT2D eigenvalue weighted by Gasteiger charge is -2.62. The number of aromatic hydroxyl groups is 1. The van der Waals surface area contributed by atoms with Crippen molar-refractivity contribution in [3.8, 4) is 22.6 Å². The SMILES string of the molecule is O=C(Nc1ccc(-c2ccncc2)cc1)C1=C(O)[C@@H]2Oc3c(O)ccc4c3[C@@]23CCN(CC2CC2)[C@H](C4)[C@]3(O)C1. The van der Waals surface area contributed by atoms with E-state index in [0.717, 1.165) is 35.3 Å². The third kappa shape index (κ3) is 3.20. The standard InChI is InChI=1S/C32H31N3O5/c36-24-8-5-21-15-25-32(39)16-23(30(38)34-22-6-3-19(4-7-22)20-9-12-33-13-10-20)27(37)29-31(32,26(21)28(24)40-29)11-14-35(25)17-18-1-2-18/h3-10,12-13,18,25,29,36-37,39H,1-2,11,14-17H2,(H,34,38)/t25-,29+,31+,32-/m1/s1. The van der Waals surface area contributed by atoms with Gasteiger partial charge in [-0.05, 0) is 85.2 Å². The van der Waals surface area contributed by atoms with E-state index in [1.807, 2.05) is 42.5 Å². The van der Waals surface area contributed by atoms with Crippen LogP contribution in [0.5, 0.6) is 11.5 Å². The molecule has 2 fully saturated rings. The molecule has 2 aliphatic heterocycles. The summed E-state index contributed by atoms with van der Waals surface area (Å²) in [4.78, 5) is 20.2. The maximum Gasteiger partial charge on any atom is 0.255 e. The van der Waals surface area contributed by atoms with E-state index in [1.54, 1.807) is 18.5 Å². The molecular formula is C32H31N3O5. The number of aliphatic hydroxyl groups excluding tert-OH is 1. The minimum atomic E-state index is -1.33. The van der Waals surface area contributed by atoms with E-state index in [9.17, 15) is 20.1 Å². The van der Waals surface area contributed by atoms with E-state index in [1.165, 1.54) is 12.8 Å². The van der Waals surface area contributed by atoms with E-state index in [-0.39, 0.29) is 29.5 Å². The van der Waals surface area contributed by atoms with Gasteiger partial charge in [-0.25, -0.2) is 0 Å². The van der Waals surface area contributed by atoms with Crippen molar-refractivity contribution < 1.29 is 24.9 Å². The fourth-order valence-corrected chi connectivity index (χ4v) is 7.87. The van der Waals surface area contributed by atoms with Crippen molar-refractivity contribution >= 4 is 11.6 Å². The molecule has 2 aromatic carbocycles. The van der Waals surface area contributed by atoms with Gasteiger partial charge in [0, 0.05) is 42.7 Å². The van der Waals surface area contributed by atoms with Gasteiger partial charge in [0.25, 0.3) is 5.91 Å². The van der Waals surface area contributed by atoms with Crippen LogP contribution >= 0.6 is 0 Å². The van der Waals surface area contributed by atoms with Crippen molar-refractivity contribution in [1.82, 2.24) is 9.88 Å². The minimum absolute atomic E-state index is 0.00294. The number of likely N-dealkylation sites (tertiary alicyclic amines) is 1. The monoisotopic (exact) mass is 537 g/mol. The number of hydrogen-bond donors (Lipinski definition) is 4. The molecule has 3 aliphatic carbocycles. The third-order valence-electron chi connectivity index (χ3n) is 9.95. The summed E-state index contributed by atoms with van der Waals surface area (Å²) in [5, 5.41) is 38.0. The Morgan fingerprint density at radius 3 is 2.55 bits per heavy atom. The zero-order valence-corrected chi connectivity index (χ0v) is 22.0. The summed E-state index contributed by atoms with van der Waals surface area (Å²) in [5.41, 5.74) is 2.34. The normalized spacial score (nSPS) is 30.0. The van der Waals surface area contributed by atoms with Crippen LogP contribution in [0.2, 0.25) is 0 Å². The number of piperidine rings is 1. The van der Waals surface area contributed by atoms with Gasteiger partial charge in [-0.1, -0.05) is 18.2 Å². The number of amides is 1. The van der Waals surface area contributed by atoms with Crippen LogP contribution in [0.3, 0.4) is 0 Å². The Balaban J connectivity index is 1.17. The average Bonchev–Trinajstić information content (AvgIpc) is 3.71. The van der Waals surface area contributed by atoms with Gasteiger partial charge in [-0.2, -0.15) is 0 Å². The molecule has 3 heterocycles. The predicted molar refractivity (Wildman–Crippen MR) is 148 cm³/mol. The second-order valence-corrected chi connectivity index (χ2v) is 12.1. The van der Waals surface area contributed by atoms with Gasteiger partial charge in [0.15, 0.2) is 17.6 Å². The Morgan fingerprint density at radius 2 is 1.80 bits per heavy atom. The lowest BCUT2D eigenvalue weighted by atomic mass is 9.49. The molecule has 0 unspecified atom stereocenters. The highest BCUT2D eigenvalue weighted by atomic mass is 16.5. The topological polar surface area (TPSA) is 115 Å². The number of ether oxygens (including phenoxy) is 1. The number of nitrogens with one attached hydrogen (secondary N) is 1. The van der Waals surface area contributed by atoms with Crippen molar-refractivity contribution in [2.45, 2.75) is 55.3 Å². The molecule has 2 bridgehead atoms. The van der Waals surface area contributed by atoms with Crippen LogP contribution in [0.15, 0.2) is 72.3 Å². The van der Waals surface area contributed by atoms with Crippen molar-refractivity contribution in [3.05, 3.63) is 83.4 Å². The van der Waals surface area contributed by atoms with Gasteiger partial charge in [0.1, 0.15) is 5.76 Å². The van der Waals surface area contributed by atoms with Crippen molar-refractivity contribution in [1.29, 1.82) is 0 Å². The Hall–Kier alpha value is -3.88. The molecular weight excluding hydrogens is 506 g/mol. The van der Waals surface area contributed by atoms with E-state index in [0.29, 0.717) is 30.2 Å². The Kier molecular flexibility index (Phi) is 4.98. The second kappa shape index (κ2) is 8.32. The fourth-order valence-electron chi connectivity index (χ4n) is 7.87. The van der Waals surface area contributed by atoms with Gasteiger partial charge < -0.3 is 25.4 Å². The summed E-state index contributed by atoms with van der Waals surface area (Å²) in [7, 11) is 0. The van der Waals surface area contributed by atoms with Gasteiger partial charge >= 0.3 is 0 Å². The highest BCUT2D eigenvalue weighted by molar-refractivity contribution is 6.04. The largest absolute Gasteiger partial charge is 0.508 e. The molecule has 8 nitrogen and oxygen atoms in total. The maximum atomic E-state index is 13.7. The van der Waals surface area contributed by atoms with E-state index >= 15 is 0 Å². The zero-order valence-electron chi connectivity index (χ0n) is 22.0. The van der Waals surface area contributed by atoms with Crippen LogP contribution in [-0.4, -0.2) is 61.9 Å². The van der Waals surface area contributed by atoms with Crippen LogP contribution in [-0.2, 0) is 16.6 Å². The molecule has 1 aromatic heterocycles. The van der Waals surface area contributed by atoms with Crippen molar-refractivity contribution in [2.24, 2.45) is 5.92 Å². The Bertz CT molecular complexity index is 1570. The smallest absolute Gasteiger partial charge is 0.255 e. The van der Waals surface area contributed by atoms with Gasteiger partial charge in [0.2, 0.25) is 0 Å². The van der Waals surface area contributed by atoms with Crippen molar-refractivity contribution in [3.63, 3.8) is 0 Å². The van der Waals surface area contributed by atoms with Gasteiger partial charge in [0.05, 0.1) is 16.6 Å². The number of hydrogen-bond acceptors (Lipinski definition) is 7. The first kappa shape index (κ1) is 24.0. The predicted octanol–water partition coefficient (Wildman–Crippen LogP) is 4.08. The highest BCUT2D eigenvalue weighted by Crippen LogP contribution is 2.66. The number of pyridine rings is 1. The molecule has 1 saturated heterocycles. The lowest BCUT2D eigenvalue weighted by Crippen LogP contribution is -2.75. The molecule has 0 radical (unpaired) electrons. The average molecular weight is 538 g/mol. The maximum absolute atomic E-state index is 13.7. The van der Waals surface area contributed by atoms with Gasteiger partial charge in [-0.15, -0.1) is 0 Å². The van der Waals surface area contributed by atoms with Crippen LogP contribution in [0.4, 0.5) is 5.69 Å². The molecule has 5 aliphatic rings. The number of aromatic nitrogens is 1. The molecule has 4 atom stereocenters. The van der Waals surface area contributed by atoms with Crippen LogP contribution in [0, 0.1) is 5.92 Å². The second-order valence-electron chi connectivity index (χ2n) is 12.1. The molecule has 204 valence electrons. The summed E-state index contributed by atoms with van der Waals surface area (Å²) < 4.78 is 6.29. The summed E-state index contributed by atoms with van der Waals surface area (Å²) in [5.74, 6) is 0.356. The molecule has 3 aromatic rings. The summed E-state index contributed by atoms with van der Waals surface area (Å²) in [6.07, 6.45) is 6.15. The van der Waals surface area contributed by atoms with Crippen LogP contribution in [0.1, 0.15) is 36.8 Å². The number of aliphatic hydroxyl groups is 2. The minimum Gasteiger partial charge on any atom is -0.508 e. The Labute approximate surface area is 231 Å². The van der Waals surface area contributed by atoms with Crippen molar-refractivity contribution in [2.75, 3.05) is 18.4 Å². The third-order valence-corrected chi connectivity index (χ3v) is 9.95. The van der Waals surface area contributed by atoms with E-state index in [4.69, 9.17) is 4.74 Å². The number of rotatable bonds is 5. The molecule has 4 N–H and O–H groups in total. The molecule has 40 heavy (non-hydrogen) atoms. The molecule has 1 amide bonds. The molecule has 8 heteroatoms. The summed E-state index contributed by atoms with van der Waals surface area (Å²) >= 11 is 0. The first-order valence-corrected chi connectivity index (χ1v) is 14.1. The van der Waals surface area contributed by atoms with Crippen LogP contribution < -0.4 is 10.1 Å².